The lowest BCUT2D eigenvalue weighted by molar-refractivity contribution is 0.0602. The van der Waals surface area contributed by atoms with E-state index in [-0.39, 0.29) is 28.3 Å². The Balaban J connectivity index is 2.20. The Morgan fingerprint density at radius 1 is 1.52 bits per heavy atom. The van der Waals surface area contributed by atoms with Crippen molar-refractivity contribution >= 4 is 27.3 Å². The lowest BCUT2D eigenvalue weighted by Gasteiger charge is -2.15. The van der Waals surface area contributed by atoms with Crippen LogP contribution in [0.4, 0.5) is 0 Å². The summed E-state index contributed by atoms with van der Waals surface area (Å²) in [5.74, 6) is -0.648. The van der Waals surface area contributed by atoms with Crippen LogP contribution in [0.2, 0.25) is 0 Å². The molecule has 0 unspecified atom stereocenters. The maximum absolute atomic E-state index is 12.5. The number of sulfonamides is 1. The van der Waals surface area contributed by atoms with E-state index >= 15 is 0 Å². The Hall–Kier alpha value is -0.960. The molecule has 21 heavy (non-hydrogen) atoms. The third-order valence-electron chi connectivity index (χ3n) is 3.79. The topological polar surface area (TPSA) is 92.7 Å². The Morgan fingerprint density at radius 2 is 2.19 bits per heavy atom. The Labute approximate surface area is 128 Å². The quantitative estimate of drug-likeness (QED) is 0.733. The number of thiophene rings is 1. The first-order valence-electron chi connectivity index (χ1n) is 6.62. The third kappa shape index (κ3) is 3.45. The molecule has 0 aliphatic heterocycles. The summed E-state index contributed by atoms with van der Waals surface area (Å²) in [5, 5.41) is 10.6. The van der Waals surface area contributed by atoms with Crippen molar-refractivity contribution in [2.75, 3.05) is 20.3 Å². The zero-order valence-electron chi connectivity index (χ0n) is 12.0. The van der Waals surface area contributed by atoms with Crippen molar-refractivity contribution in [1.82, 2.24) is 4.72 Å². The predicted octanol–water partition coefficient (Wildman–Crippen LogP) is 1.28. The number of esters is 1. The number of nitrogens with one attached hydrogen (secondary N) is 1. The minimum Gasteiger partial charge on any atom is -0.465 e. The Kier molecular flexibility index (Phi) is 4.72. The van der Waals surface area contributed by atoms with Crippen LogP contribution in [0.5, 0.6) is 0 Å². The number of hydrogen-bond donors (Lipinski definition) is 2. The fourth-order valence-electron chi connectivity index (χ4n) is 2.25. The van der Waals surface area contributed by atoms with Gasteiger partial charge in [0.05, 0.1) is 7.11 Å². The number of aliphatic hydroxyl groups is 1. The van der Waals surface area contributed by atoms with Crippen LogP contribution < -0.4 is 4.72 Å². The van der Waals surface area contributed by atoms with Gasteiger partial charge in [0.25, 0.3) is 0 Å². The van der Waals surface area contributed by atoms with E-state index in [1.54, 1.807) is 12.3 Å². The average molecular weight is 333 g/mol. The van der Waals surface area contributed by atoms with Crippen molar-refractivity contribution in [1.29, 1.82) is 0 Å². The first-order valence-corrected chi connectivity index (χ1v) is 8.98. The molecule has 1 aliphatic rings. The van der Waals surface area contributed by atoms with E-state index in [0.29, 0.717) is 12.0 Å². The molecule has 1 heterocycles. The highest BCUT2D eigenvalue weighted by atomic mass is 32.2. The average Bonchev–Trinajstić information content (AvgIpc) is 3.09. The summed E-state index contributed by atoms with van der Waals surface area (Å²) in [4.78, 5) is 11.8. The number of ether oxygens (including phenoxy) is 1. The zero-order valence-corrected chi connectivity index (χ0v) is 13.6. The molecule has 0 amide bonds. The maximum atomic E-state index is 12.5. The van der Waals surface area contributed by atoms with Gasteiger partial charge in [-0.25, -0.2) is 17.9 Å². The molecule has 0 saturated heterocycles. The number of aliphatic hydroxyl groups excluding tert-OH is 1. The van der Waals surface area contributed by atoms with Gasteiger partial charge in [0.1, 0.15) is 9.77 Å². The lowest BCUT2D eigenvalue weighted by atomic mass is 10.0. The largest absolute Gasteiger partial charge is 0.465 e. The van der Waals surface area contributed by atoms with Gasteiger partial charge in [-0.2, -0.15) is 0 Å². The lowest BCUT2D eigenvalue weighted by Crippen LogP contribution is -2.31. The van der Waals surface area contributed by atoms with Crippen LogP contribution in [0.1, 0.15) is 34.5 Å². The van der Waals surface area contributed by atoms with Gasteiger partial charge in [0.15, 0.2) is 0 Å². The molecule has 0 aromatic carbocycles. The summed E-state index contributed by atoms with van der Waals surface area (Å²) in [7, 11) is -2.54. The smallest absolute Gasteiger partial charge is 0.349 e. The van der Waals surface area contributed by atoms with Crippen LogP contribution in [0.25, 0.3) is 0 Å². The molecule has 118 valence electrons. The normalized spacial score (nSPS) is 16.7. The van der Waals surface area contributed by atoms with Gasteiger partial charge >= 0.3 is 5.97 Å². The highest BCUT2D eigenvalue weighted by Crippen LogP contribution is 2.48. The first-order chi connectivity index (χ1) is 9.85. The van der Waals surface area contributed by atoms with E-state index in [2.05, 4.69) is 9.46 Å². The zero-order chi connectivity index (χ0) is 15.7. The van der Waals surface area contributed by atoms with Crippen molar-refractivity contribution in [2.24, 2.45) is 5.41 Å². The Bertz CT molecular complexity index is 631. The van der Waals surface area contributed by atoms with Crippen molar-refractivity contribution < 1.29 is 23.1 Å². The van der Waals surface area contributed by atoms with Gasteiger partial charge in [0, 0.05) is 13.2 Å². The molecular formula is C13H19NO5S2. The SMILES string of the molecule is COC(=O)c1scc(C)c1S(=O)(=O)NCC1(CCO)CC1. The van der Waals surface area contributed by atoms with Gasteiger partial charge in [-0.1, -0.05) is 0 Å². The third-order valence-corrected chi connectivity index (χ3v) is 6.59. The van der Waals surface area contributed by atoms with E-state index in [1.807, 2.05) is 0 Å². The van der Waals surface area contributed by atoms with Gasteiger partial charge in [-0.05, 0) is 42.5 Å². The van der Waals surface area contributed by atoms with Crippen LogP contribution in [0.3, 0.4) is 0 Å². The highest BCUT2D eigenvalue weighted by molar-refractivity contribution is 7.89. The summed E-state index contributed by atoms with van der Waals surface area (Å²) in [5.41, 5.74) is 0.400. The predicted molar refractivity (Wildman–Crippen MR) is 79.0 cm³/mol. The minimum absolute atomic E-state index is 0.000788. The number of carbonyl (C=O) groups excluding carboxylic acids is 1. The molecule has 8 heteroatoms. The van der Waals surface area contributed by atoms with Crippen LogP contribution in [-0.2, 0) is 14.8 Å². The van der Waals surface area contributed by atoms with Crippen molar-refractivity contribution in [2.45, 2.75) is 31.1 Å². The summed E-state index contributed by atoms with van der Waals surface area (Å²) >= 11 is 1.06. The van der Waals surface area contributed by atoms with Gasteiger partial charge in [-0.3, -0.25) is 0 Å². The molecule has 1 aromatic rings. The number of methoxy groups -OCH3 is 1. The first kappa shape index (κ1) is 16.4. The van der Waals surface area contributed by atoms with E-state index < -0.39 is 16.0 Å². The molecule has 0 atom stereocenters. The molecule has 1 fully saturated rings. The summed E-state index contributed by atoms with van der Waals surface area (Å²) < 4.78 is 32.1. The van der Waals surface area contributed by atoms with Gasteiger partial charge in [-0.15, -0.1) is 11.3 Å². The number of rotatable bonds is 7. The highest BCUT2D eigenvalue weighted by Gasteiger charge is 2.43. The molecular weight excluding hydrogens is 314 g/mol. The van der Waals surface area contributed by atoms with E-state index in [4.69, 9.17) is 5.11 Å². The van der Waals surface area contributed by atoms with Crippen LogP contribution >= 0.6 is 11.3 Å². The molecule has 0 spiro atoms. The molecule has 1 saturated carbocycles. The summed E-state index contributed by atoms with van der Waals surface area (Å²) in [6.45, 7) is 1.98. The van der Waals surface area contributed by atoms with Crippen molar-refractivity contribution in [3.05, 3.63) is 15.8 Å². The number of hydrogen-bond acceptors (Lipinski definition) is 6. The van der Waals surface area contributed by atoms with Crippen molar-refractivity contribution in [3.8, 4) is 0 Å². The second-order valence-corrected chi connectivity index (χ2v) is 7.95. The fraction of sp³-hybridized carbons (Fsp3) is 0.615. The minimum atomic E-state index is -3.77. The molecule has 1 aromatic heterocycles. The summed E-state index contributed by atoms with van der Waals surface area (Å²) in [6.07, 6.45) is 2.40. The van der Waals surface area contributed by atoms with E-state index in [9.17, 15) is 13.2 Å². The number of aryl methyl sites for hydroxylation is 1. The van der Waals surface area contributed by atoms with Gasteiger partial charge < -0.3 is 9.84 Å². The second kappa shape index (κ2) is 6.04. The van der Waals surface area contributed by atoms with Crippen molar-refractivity contribution in [3.63, 3.8) is 0 Å². The molecule has 0 bridgehead atoms. The van der Waals surface area contributed by atoms with Gasteiger partial charge in [0.2, 0.25) is 10.0 Å². The molecule has 0 radical (unpaired) electrons. The molecule has 1 aliphatic carbocycles. The number of carbonyl (C=O) groups is 1. The monoisotopic (exact) mass is 333 g/mol. The van der Waals surface area contributed by atoms with Crippen LogP contribution in [0, 0.1) is 12.3 Å². The second-order valence-electron chi connectivity index (χ2n) is 5.37. The fourth-order valence-corrected chi connectivity index (χ4v) is 5.11. The van der Waals surface area contributed by atoms with Crippen LogP contribution in [0.15, 0.2) is 10.3 Å². The standard InChI is InChI=1S/C13H19NO5S2/c1-9-7-20-10(12(16)19-2)11(9)21(17,18)14-8-13(3-4-13)5-6-15/h7,14-15H,3-6,8H2,1-2H3. The van der Waals surface area contributed by atoms with E-state index in [1.165, 1.54) is 7.11 Å². The maximum Gasteiger partial charge on any atom is 0.349 e. The Morgan fingerprint density at radius 3 is 2.71 bits per heavy atom. The summed E-state index contributed by atoms with van der Waals surface area (Å²) in [6, 6.07) is 0. The van der Waals surface area contributed by atoms with E-state index in [0.717, 1.165) is 24.2 Å². The van der Waals surface area contributed by atoms with Crippen LogP contribution in [-0.4, -0.2) is 39.8 Å². The molecule has 6 nitrogen and oxygen atoms in total. The molecule has 2 N–H and O–H groups in total. The molecule has 2 rings (SSSR count).